The number of rotatable bonds is 2. The lowest BCUT2D eigenvalue weighted by atomic mass is 9.87. The van der Waals surface area contributed by atoms with Crippen LogP contribution in [0.5, 0.6) is 5.75 Å². The largest absolute Gasteiger partial charge is 0.497 e. The van der Waals surface area contributed by atoms with E-state index in [9.17, 15) is 4.79 Å². The molecule has 0 unspecified atom stereocenters. The van der Waals surface area contributed by atoms with Gasteiger partial charge in [-0.2, -0.15) is 0 Å². The van der Waals surface area contributed by atoms with Gasteiger partial charge in [0.25, 0.3) is 5.91 Å². The number of nitrogens with zero attached hydrogens (tertiary/aromatic N) is 2. The summed E-state index contributed by atoms with van der Waals surface area (Å²) >= 11 is 0. The Labute approximate surface area is 131 Å². The third kappa shape index (κ3) is 3.10. The Morgan fingerprint density at radius 3 is 2.91 bits per heavy atom. The molecule has 0 aliphatic carbocycles. The van der Waals surface area contributed by atoms with E-state index in [1.807, 2.05) is 29.2 Å². The summed E-state index contributed by atoms with van der Waals surface area (Å²) in [7, 11) is 3.75. The van der Waals surface area contributed by atoms with E-state index in [2.05, 4.69) is 11.9 Å². The number of ether oxygens (including phenoxy) is 2. The molecule has 5 heteroatoms. The van der Waals surface area contributed by atoms with Crippen LogP contribution in [0.4, 0.5) is 0 Å². The minimum absolute atomic E-state index is 0.0679. The number of hydrogen-bond acceptors (Lipinski definition) is 4. The van der Waals surface area contributed by atoms with Crippen molar-refractivity contribution in [3.8, 4) is 5.75 Å². The summed E-state index contributed by atoms with van der Waals surface area (Å²) in [6.45, 7) is 4.86. The van der Waals surface area contributed by atoms with Gasteiger partial charge in [0.2, 0.25) is 0 Å². The van der Waals surface area contributed by atoms with E-state index in [4.69, 9.17) is 9.47 Å². The maximum Gasteiger partial charge on any atom is 0.254 e. The quantitative estimate of drug-likeness (QED) is 0.830. The number of methoxy groups -OCH3 is 1. The maximum atomic E-state index is 12.8. The van der Waals surface area contributed by atoms with Crippen molar-refractivity contribution >= 4 is 5.91 Å². The first kappa shape index (κ1) is 15.3. The Hall–Kier alpha value is -1.59. The van der Waals surface area contributed by atoms with E-state index in [1.165, 1.54) is 0 Å². The van der Waals surface area contributed by atoms with Crippen LogP contribution in [0, 0.1) is 5.41 Å². The average molecular weight is 304 g/mol. The molecule has 2 fully saturated rings. The fourth-order valence-corrected chi connectivity index (χ4v) is 3.51. The molecule has 0 aromatic heterocycles. The highest BCUT2D eigenvalue weighted by Crippen LogP contribution is 2.33. The molecule has 0 radical (unpaired) electrons. The molecule has 2 heterocycles. The minimum Gasteiger partial charge on any atom is -0.497 e. The van der Waals surface area contributed by atoms with E-state index in [1.54, 1.807) is 7.11 Å². The van der Waals surface area contributed by atoms with Gasteiger partial charge in [0.1, 0.15) is 5.75 Å². The van der Waals surface area contributed by atoms with Crippen LogP contribution in [0.3, 0.4) is 0 Å². The second-order valence-electron chi connectivity index (χ2n) is 6.50. The summed E-state index contributed by atoms with van der Waals surface area (Å²) in [6.07, 6.45) is 1.09. The van der Waals surface area contributed by atoms with Crippen LogP contribution in [0.15, 0.2) is 24.3 Å². The first-order valence-corrected chi connectivity index (χ1v) is 7.82. The topological polar surface area (TPSA) is 42.0 Å². The third-order valence-electron chi connectivity index (χ3n) is 4.67. The second kappa shape index (κ2) is 6.26. The Kier molecular flexibility index (Phi) is 4.36. The van der Waals surface area contributed by atoms with E-state index >= 15 is 0 Å². The Morgan fingerprint density at radius 1 is 1.32 bits per heavy atom. The monoisotopic (exact) mass is 304 g/mol. The number of carbonyl (C=O) groups is 1. The SMILES string of the molecule is COc1cccc(C(=O)N2CCOC[C@]3(CCN(C)C3)C2)c1. The maximum absolute atomic E-state index is 12.8. The molecule has 1 amide bonds. The van der Waals surface area contributed by atoms with Crippen LogP contribution < -0.4 is 4.74 Å². The van der Waals surface area contributed by atoms with E-state index in [0.29, 0.717) is 24.5 Å². The van der Waals surface area contributed by atoms with E-state index < -0.39 is 0 Å². The lowest BCUT2D eigenvalue weighted by molar-refractivity contribution is 0.0658. The van der Waals surface area contributed by atoms with E-state index in [0.717, 1.165) is 32.7 Å². The summed E-state index contributed by atoms with van der Waals surface area (Å²) in [5, 5.41) is 0. The van der Waals surface area contributed by atoms with Gasteiger partial charge in [-0.25, -0.2) is 0 Å². The third-order valence-corrected chi connectivity index (χ3v) is 4.67. The van der Waals surface area contributed by atoms with Gasteiger partial charge in [-0.1, -0.05) is 6.07 Å². The normalized spacial score (nSPS) is 26.2. The molecule has 2 aliphatic rings. The molecule has 2 saturated heterocycles. The number of hydrogen-bond donors (Lipinski definition) is 0. The molecular weight excluding hydrogens is 280 g/mol. The van der Waals surface area contributed by atoms with Crippen molar-refractivity contribution < 1.29 is 14.3 Å². The number of carbonyl (C=O) groups excluding carboxylic acids is 1. The zero-order valence-corrected chi connectivity index (χ0v) is 13.4. The van der Waals surface area contributed by atoms with Crippen molar-refractivity contribution in [1.29, 1.82) is 0 Å². The molecule has 1 aromatic rings. The molecule has 0 bridgehead atoms. The lowest BCUT2D eigenvalue weighted by Crippen LogP contribution is -2.43. The highest BCUT2D eigenvalue weighted by atomic mass is 16.5. The van der Waals surface area contributed by atoms with Crippen molar-refractivity contribution in [2.24, 2.45) is 5.41 Å². The van der Waals surface area contributed by atoms with Crippen molar-refractivity contribution in [2.45, 2.75) is 6.42 Å². The van der Waals surface area contributed by atoms with Crippen LogP contribution in [0.25, 0.3) is 0 Å². The van der Waals surface area contributed by atoms with E-state index in [-0.39, 0.29) is 11.3 Å². The van der Waals surface area contributed by atoms with Gasteiger partial charge >= 0.3 is 0 Å². The molecule has 1 spiro atoms. The van der Waals surface area contributed by atoms with Gasteiger partial charge in [-0.05, 0) is 38.2 Å². The van der Waals surface area contributed by atoms with Crippen molar-refractivity contribution in [1.82, 2.24) is 9.80 Å². The minimum atomic E-state index is 0.0679. The zero-order valence-electron chi connectivity index (χ0n) is 13.4. The molecule has 22 heavy (non-hydrogen) atoms. The first-order chi connectivity index (χ1) is 10.6. The summed E-state index contributed by atoms with van der Waals surface area (Å²) in [4.78, 5) is 17.1. The van der Waals surface area contributed by atoms with Crippen LogP contribution in [0.2, 0.25) is 0 Å². The standard InChI is InChI=1S/C17H24N2O3/c1-18-7-6-17(11-18)12-19(8-9-22-13-17)16(20)14-4-3-5-15(10-14)21-2/h3-5,10H,6-9,11-13H2,1-2H3/t17-/m0/s1. The molecular formula is C17H24N2O3. The molecule has 2 aliphatic heterocycles. The van der Waals surface area contributed by atoms with Gasteiger partial charge in [0.15, 0.2) is 0 Å². The van der Waals surface area contributed by atoms with Crippen molar-refractivity contribution in [3.63, 3.8) is 0 Å². The molecule has 3 rings (SSSR count). The predicted octanol–water partition coefficient (Wildman–Crippen LogP) is 1.49. The summed E-state index contributed by atoms with van der Waals surface area (Å²) in [5.74, 6) is 0.783. The van der Waals surface area contributed by atoms with Crippen LogP contribution in [0.1, 0.15) is 16.8 Å². The molecule has 120 valence electrons. The molecule has 0 N–H and O–H groups in total. The van der Waals surface area contributed by atoms with Crippen molar-refractivity contribution in [3.05, 3.63) is 29.8 Å². The van der Waals surface area contributed by atoms with Crippen molar-refractivity contribution in [2.75, 3.05) is 53.6 Å². The Bertz CT molecular complexity index is 548. The Balaban J connectivity index is 1.78. The summed E-state index contributed by atoms with van der Waals surface area (Å²) in [5.41, 5.74) is 0.766. The van der Waals surface area contributed by atoms with Gasteiger partial charge in [0.05, 0.1) is 20.3 Å². The summed E-state index contributed by atoms with van der Waals surface area (Å²) < 4.78 is 11.0. The summed E-state index contributed by atoms with van der Waals surface area (Å²) in [6, 6.07) is 7.38. The first-order valence-electron chi connectivity index (χ1n) is 7.82. The molecule has 1 atom stereocenters. The van der Waals surface area contributed by atoms with Gasteiger partial charge in [-0.15, -0.1) is 0 Å². The molecule has 1 aromatic carbocycles. The lowest BCUT2D eigenvalue weighted by Gasteiger charge is -2.31. The zero-order chi connectivity index (χ0) is 15.6. The predicted molar refractivity (Wildman–Crippen MR) is 84.3 cm³/mol. The van der Waals surface area contributed by atoms with Crippen LogP contribution in [-0.4, -0.2) is 69.3 Å². The average Bonchev–Trinajstić information content (AvgIpc) is 2.77. The van der Waals surface area contributed by atoms with Gasteiger partial charge < -0.3 is 19.3 Å². The molecule has 0 saturated carbocycles. The fourth-order valence-electron chi connectivity index (χ4n) is 3.51. The number of benzene rings is 1. The van der Waals surface area contributed by atoms with Gasteiger partial charge in [-0.3, -0.25) is 4.79 Å². The number of likely N-dealkylation sites (tertiary alicyclic amines) is 1. The second-order valence-corrected chi connectivity index (χ2v) is 6.50. The van der Waals surface area contributed by atoms with Gasteiger partial charge in [0, 0.05) is 30.6 Å². The smallest absolute Gasteiger partial charge is 0.254 e. The molecule has 5 nitrogen and oxygen atoms in total. The highest BCUT2D eigenvalue weighted by Gasteiger charge is 2.41. The van der Waals surface area contributed by atoms with Crippen LogP contribution >= 0.6 is 0 Å². The van der Waals surface area contributed by atoms with Crippen LogP contribution in [-0.2, 0) is 4.74 Å². The fraction of sp³-hybridized carbons (Fsp3) is 0.588. The highest BCUT2D eigenvalue weighted by molar-refractivity contribution is 5.94. The number of amides is 1. The Morgan fingerprint density at radius 2 is 2.18 bits per heavy atom.